The molecule has 0 fully saturated rings. The van der Waals surface area contributed by atoms with Crippen LogP contribution in [0.5, 0.6) is 0 Å². The first kappa shape index (κ1) is 12.8. The van der Waals surface area contributed by atoms with Crippen LogP contribution in [0.15, 0.2) is 18.2 Å². The molecule has 0 saturated carbocycles. The third kappa shape index (κ3) is 2.30. The third-order valence-corrected chi connectivity index (χ3v) is 3.10. The highest BCUT2D eigenvalue weighted by Crippen LogP contribution is 2.28. The minimum atomic E-state index is -0.245. The Bertz CT molecular complexity index is 564. The van der Waals surface area contributed by atoms with Gasteiger partial charge in [0, 0.05) is 23.3 Å². The molecule has 1 aromatic heterocycles. The summed E-state index contributed by atoms with van der Waals surface area (Å²) in [7, 11) is 0. The summed E-state index contributed by atoms with van der Waals surface area (Å²) >= 11 is 0. The number of anilines is 1. The molecule has 0 aliphatic carbocycles. The van der Waals surface area contributed by atoms with Crippen molar-refractivity contribution >= 4 is 16.6 Å². The number of fused-ring (bicyclic) bond motifs is 1. The normalized spacial score (nSPS) is 10.9. The lowest BCUT2D eigenvalue weighted by Gasteiger charge is -2.13. The van der Waals surface area contributed by atoms with Crippen LogP contribution < -0.4 is 5.32 Å². The molecule has 18 heavy (non-hydrogen) atoms. The number of rotatable bonds is 4. The first-order chi connectivity index (χ1) is 8.67. The summed E-state index contributed by atoms with van der Waals surface area (Å²) < 4.78 is 13.9. The van der Waals surface area contributed by atoms with E-state index < -0.39 is 0 Å². The molecule has 2 rings (SSSR count). The van der Waals surface area contributed by atoms with Crippen LogP contribution in [0.4, 0.5) is 10.1 Å². The summed E-state index contributed by atoms with van der Waals surface area (Å²) in [6, 6.07) is 5.33. The summed E-state index contributed by atoms with van der Waals surface area (Å²) in [5.41, 5.74) is 3.45. The van der Waals surface area contributed by atoms with E-state index in [1.54, 1.807) is 0 Å². The van der Waals surface area contributed by atoms with Crippen LogP contribution in [0, 0.1) is 12.7 Å². The topological polar surface area (TPSA) is 24.9 Å². The molecule has 1 N–H and O–H groups in total. The van der Waals surface area contributed by atoms with Gasteiger partial charge in [-0.2, -0.15) is 0 Å². The van der Waals surface area contributed by atoms with Gasteiger partial charge in [-0.25, -0.2) is 9.37 Å². The lowest BCUT2D eigenvalue weighted by Crippen LogP contribution is -2.04. The lowest BCUT2D eigenvalue weighted by molar-refractivity contribution is 0.636. The van der Waals surface area contributed by atoms with Crippen molar-refractivity contribution in [3.8, 4) is 0 Å². The van der Waals surface area contributed by atoms with Crippen LogP contribution in [0.1, 0.15) is 31.5 Å². The number of pyridine rings is 1. The van der Waals surface area contributed by atoms with Crippen LogP contribution >= 0.6 is 0 Å². The average molecular weight is 246 g/mol. The Kier molecular flexibility index (Phi) is 3.80. The van der Waals surface area contributed by atoms with E-state index in [4.69, 9.17) is 0 Å². The van der Waals surface area contributed by atoms with E-state index in [0.29, 0.717) is 5.52 Å². The van der Waals surface area contributed by atoms with E-state index in [9.17, 15) is 4.39 Å². The van der Waals surface area contributed by atoms with E-state index >= 15 is 0 Å². The second kappa shape index (κ2) is 5.34. The predicted octanol–water partition coefficient (Wildman–Crippen LogP) is 4.07. The van der Waals surface area contributed by atoms with Gasteiger partial charge >= 0.3 is 0 Å². The monoisotopic (exact) mass is 246 g/mol. The van der Waals surface area contributed by atoms with Crippen molar-refractivity contribution in [3.05, 3.63) is 35.3 Å². The van der Waals surface area contributed by atoms with Crippen molar-refractivity contribution in [3.63, 3.8) is 0 Å². The van der Waals surface area contributed by atoms with Gasteiger partial charge in [-0.05, 0) is 37.5 Å². The molecule has 0 amide bonds. The molecule has 0 atom stereocenters. The maximum atomic E-state index is 13.9. The Morgan fingerprint density at radius 1 is 1.28 bits per heavy atom. The molecule has 0 unspecified atom stereocenters. The number of halogens is 1. The molecule has 0 aliphatic rings. The van der Waals surface area contributed by atoms with Gasteiger partial charge in [-0.3, -0.25) is 0 Å². The van der Waals surface area contributed by atoms with Crippen LogP contribution in [0.2, 0.25) is 0 Å². The van der Waals surface area contributed by atoms with E-state index in [2.05, 4.69) is 17.2 Å². The summed E-state index contributed by atoms with van der Waals surface area (Å²) in [5.74, 6) is -0.245. The zero-order valence-electron chi connectivity index (χ0n) is 11.2. The fourth-order valence-electron chi connectivity index (χ4n) is 2.11. The molecule has 0 bridgehead atoms. The molecule has 2 aromatic rings. The molecule has 3 heteroatoms. The quantitative estimate of drug-likeness (QED) is 0.879. The number of aromatic nitrogens is 1. The molecular weight excluding hydrogens is 227 g/mol. The minimum absolute atomic E-state index is 0.245. The van der Waals surface area contributed by atoms with Crippen molar-refractivity contribution in [1.29, 1.82) is 0 Å². The maximum Gasteiger partial charge on any atom is 0.149 e. The van der Waals surface area contributed by atoms with Gasteiger partial charge in [0.15, 0.2) is 0 Å². The van der Waals surface area contributed by atoms with E-state index in [-0.39, 0.29) is 5.82 Å². The number of nitrogens with one attached hydrogen (secondary N) is 1. The number of benzene rings is 1. The predicted molar refractivity (Wildman–Crippen MR) is 74.6 cm³/mol. The van der Waals surface area contributed by atoms with Gasteiger partial charge < -0.3 is 5.32 Å². The van der Waals surface area contributed by atoms with Crippen molar-refractivity contribution in [1.82, 2.24) is 4.98 Å². The average Bonchev–Trinajstić information content (AvgIpc) is 2.39. The SMILES string of the molecule is CCCNc1cc(CC)nc2c(F)ccc(C)c12. The van der Waals surface area contributed by atoms with E-state index in [0.717, 1.165) is 41.7 Å². The highest BCUT2D eigenvalue weighted by atomic mass is 19.1. The van der Waals surface area contributed by atoms with Crippen LogP contribution in [0.25, 0.3) is 10.9 Å². The van der Waals surface area contributed by atoms with Crippen molar-refractivity contribution in [2.24, 2.45) is 0 Å². The molecule has 0 spiro atoms. The fraction of sp³-hybridized carbons (Fsp3) is 0.400. The standard InChI is InChI=1S/C15H19FN2/c1-4-8-17-13-9-11(5-2)18-15-12(16)7-6-10(3)14(13)15/h6-7,9H,4-5,8H2,1-3H3,(H,17,18). The smallest absolute Gasteiger partial charge is 0.149 e. The highest BCUT2D eigenvalue weighted by Gasteiger charge is 2.11. The zero-order valence-corrected chi connectivity index (χ0v) is 11.2. The summed E-state index contributed by atoms with van der Waals surface area (Å²) in [4.78, 5) is 4.41. The Labute approximate surface area is 107 Å². The van der Waals surface area contributed by atoms with Crippen molar-refractivity contribution < 1.29 is 4.39 Å². The van der Waals surface area contributed by atoms with Crippen molar-refractivity contribution in [2.45, 2.75) is 33.6 Å². The van der Waals surface area contributed by atoms with Gasteiger partial charge in [0.25, 0.3) is 0 Å². The van der Waals surface area contributed by atoms with Gasteiger partial charge in [-0.1, -0.05) is 19.9 Å². The third-order valence-electron chi connectivity index (χ3n) is 3.10. The second-order valence-corrected chi connectivity index (χ2v) is 4.53. The first-order valence-electron chi connectivity index (χ1n) is 6.50. The maximum absolute atomic E-state index is 13.9. The molecule has 96 valence electrons. The highest BCUT2D eigenvalue weighted by molar-refractivity contribution is 5.94. The molecule has 0 saturated heterocycles. The zero-order chi connectivity index (χ0) is 13.1. The number of nitrogens with zero attached hydrogens (tertiary/aromatic N) is 1. The second-order valence-electron chi connectivity index (χ2n) is 4.53. The van der Waals surface area contributed by atoms with Gasteiger partial charge in [-0.15, -0.1) is 0 Å². The summed E-state index contributed by atoms with van der Waals surface area (Å²) in [6.45, 7) is 7.03. The number of hydrogen-bond acceptors (Lipinski definition) is 2. The van der Waals surface area contributed by atoms with Gasteiger partial charge in [0.1, 0.15) is 11.3 Å². The molecular formula is C15H19FN2. The number of aryl methyl sites for hydroxylation is 2. The summed E-state index contributed by atoms with van der Waals surface area (Å²) in [6.07, 6.45) is 1.85. The molecule has 1 heterocycles. The molecule has 0 radical (unpaired) electrons. The fourth-order valence-corrected chi connectivity index (χ4v) is 2.11. The number of hydrogen-bond donors (Lipinski definition) is 1. The van der Waals surface area contributed by atoms with E-state index in [1.807, 2.05) is 26.0 Å². The van der Waals surface area contributed by atoms with Crippen LogP contribution in [0.3, 0.4) is 0 Å². The molecule has 1 aromatic carbocycles. The van der Waals surface area contributed by atoms with Crippen LogP contribution in [-0.2, 0) is 6.42 Å². The minimum Gasteiger partial charge on any atom is -0.384 e. The first-order valence-corrected chi connectivity index (χ1v) is 6.50. The molecule has 2 nitrogen and oxygen atoms in total. The van der Waals surface area contributed by atoms with Crippen molar-refractivity contribution in [2.75, 3.05) is 11.9 Å². The van der Waals surface area contributed by atoms with Gasteiger partial charge in [0.2, 0.25) is 0 Å². The van der Waals surface area contributed by atoms with E-state index in [1.165, 1.54) is 6.07 Å². The Balaban J connectivity index is 2.68. The largest absolute Gasteiger partial charge is 0.384 e. The van der Waals surface area contributed by atoms with Gasteiger partial charge in [0.05, 0.1) is 0 Å². The lowest BCUT2D eigenvalue weighted by atomic mass is 10.1. The summed E-state index contributed by atoms with van der Waals surface area (Å²) in [5, 5.41) is 4.28. The molecule has 0 aliphatic heterocycles. The van der Waals surface area contributed by atoms with Crippen LogP contribution in [-0.4, -0.2) is 11.5 Å². The Hall–Kier alpha value is -1.64. The Morgan fingerprint density at radius 3 is 2.72 bits per heavy atom. The Morgan fingerprint density at radius 2 is 2.06 bits per heavy atom.